The Labute approximate surface area is 74.7 Å². The summed E-state index contributed by atoms with van der Waals surface area (Å²) in [4.78, 5) is 0. The molecule has 0 rings (SSSR count). The predicted molar refractivity (Wildman–Crippen MR) is 20.7 cm³/mol. The van der Waals surface area contributed by atoms with E-state index in [0.717, 1.165) is 0 Å². The van der Waals surface area contributed by atoms with Gasteiger partial charge in [0.2, 0.25) is 0 Å². The van der Waals surface area contributed by atoms with Gasteiger partial charge in [0, 0.05) is 33.6 Å². The summed E-state index contributed by atoms with van der Waals surface area (Å²) in [5, 5.41) is 0. The van der Waals surface area contributed by atoms with E-state index in [9.17, 15) is 0 Å². The summed E-state index contributed by atoms with van der Waals surface area (Å²) in [5.41, 5.74) is 0. The van der Waals surface area contributed by atoms with Crippen LogP contribution in [0.15, 0.2) is 0 Å². The molecule has 5 heteroatoms. The molecule has 0 atom stereocenters. The third-order valence-corrected chi connectivity index (χ3v) is 0. The van der Waals surface area contributed by atoms with Crippen molar-refractivity contribution in [3.05, 3.63) is 0 Å². The van der Waals surface area contributed by atoms with Crippen LogP contribution in [0, 0.1) is 0 Å². The van der Waals surface area contributed by atoms with Gasteiger partial charge in [-0.2, -0.15) is 0 Å². The minimum Gasteiger partial charge on any atom is 0 e. The molecular formula is H6AlLiMnNiO. The first kappa shape index (κ1) is 59.8. The predicted octanol–water partition coefficient (Wildman–Crippen LogP) is -2.66. The van der Waals surface area contributed by atoms with E-state index in [2.05, 4.69) is 0 Å². The van der Waals surface area contributed by atoms with E-state index in [1.807, 2.05) is 0 Å². The molecule has 0 aromatic carbocycles. The van der Waals surface area contributed by atoms with Crippen molar-refractivity contribution >= 4 is 36.2 Å². The maximum absolute atomic E-state index is 0. The Kier molecular flexibility index (Phi) is 430. The number of rotatable bonds is 0. The van der Waals surface area contributed by atoms with E-state index in [1.54, 1.807) is 0 Å². The van der Waals surface area contributed by atoms with Crippen LogP contribution in [0.4, 0.5) is 0 Å². The maximum Gasteiger partial charge on any atom is 0 e. The van der Waals surface area contributed by atoms with Crippen molar-refractivity contribution in [1.82, 2.24) is 0 Å². The van der Waals surface area contributed by atoms with Gasteiger partial charge in [-0.15, -0.1) is 0 Å². The van der Waals surface area contributed by atoms with Crippen molar-refractivity contribution in [3.63, 3.8) is 0 Å². The Bertz CT molecular complexity index is 11.6. The number of hydrogen-bond donors (Lipinski definition) is 0. The van der Waals surface area contributed by atoms with Crippen LogP contribution in [0.1, 0.15) is 0 Å². The van der Waals surface area contributed by atoms with Crippen LogP contribution in [0.5, 0.6) is 0 Å². The topological polar surface area (TPSA) is 31.5 Å². The van der Waals surface area contributed by atoms with E-state index >= 15 is 0 Å². The van der Waals surface area contributed by atoms with Crippen LogP contribution in [-0.4, -0.2) is 41.7 Å². The molecule has 33 valence electrons. The molecule has 5 heavy (non-hydrogen) atoms. The monoisotopic (exact) mass is 169 g/mol. The molecule has 2 N–H and O–H groups in total. The standard InChI is InChI=1S/Al.Li.Mn.Ni.H2O.4H/h;;;;1H2;;;;. The van der Waals surface area contributed by atoms with Gasteiger partial charge in [-0.1, -0.05) is 0 Å². The summed E-state index contributed by atoms with van der Waals surface area (Å²) in [6.07, 6.45) is 0. The maximum atomic E-state index is 0. The van der Waals surface area contributed by atoms with Crippen molar-refractivity contribution in [2.75, 3.05) is 0 Å². The SMILES string of the molecule is O.[AlH3].[LiH].[Mn].[Ni]. The van der Waals surface area contributed by atoms with Crippen LogP contribution in [0.3, 0.4) is 0 Å². The summed E-state index contributed by atoms with van der Waals surface area (Å²) < 4.78 is 0. The van der Waals surface area contributed by atoms with E-state index < -0.39 is 0 Å². The van der Waals surface area contributed by atoms with Crippen LogP contribution in [-0.2, 0) is 33.6 Å². The van der Waals surface area contributed by atoms with Gasteiger partial charge in [0.1, 0.15) is 0 Å². The minimum atomic E-state index is 0. The molecule has 0 fully saturated rings. The fraction of sp³-hybridized carbons (Fsp3) is 0. The summed E-state index contributed by atoms with van der Waals surface area (Å²) in [6.45, 7) is 0. The average molecular weight is 170 g/mol. The van der Waals surface area contributed by atoms with Crippen molar-refractivity contribution < 1.29 is 39.0 Å². The van der Waals surface area contributed by atoms with Crippen LogP contribution in [0.2, 0.25) is 0 Å². The molecule has 0 spiro atoms. The van der Waals surface area contributed by atoms with Gasteiger partial charge >= 0.3 is 18.9 Å². The fourth-order valence-corrected chi connectivity index (χ4v) is 0. The normalized spacial score (nSPS) is 0. The van der Waals surface area contributed by atoms with Gasteiger partial charge in [-0.25, -0.2) is 0 Å². The molecular weight excluding hydrogens is 164 g/mol. The first-order valence-electron chi connectivity index (χ1n) is 0. The summed E-state index contributed by atoms with van der Waals surface area (Å²) in [7, 11) is 0. The van der Waals surface area contributed by atoms with E-state index in [-0.39, 0.29) is 75.3 Å². The Morgan fingerprint density at radius 1 is 1.00 bits per heavy atom. The molecule has 0 heterocycles. The molecule has 0 bridgehead atoms. The Morgan fingerprint density at radius 3 is 1.00 bits per heavy atom. The molecule has 0 aliphatic rings. The molecule has 1 radical (unpaired) electrons. The Balaban J connectivity index is 0. The molecule has 0 amide bonds. The van der Waals surface area contributed by atoms with Gasteiger partial charge in [0.15, 0.2) is 17.4 Å². The molecule has 0 aromatic heterocycles. The Morgan fingerprint density at radius 2 is 1.00 bits per heavy atom. The largest absolute Gasteiger partial charge is 0 e. The summed E-state index contributed by atoms with van der Waals surface area (Å²) in [6, 6.07) is 0. The van der Waals surface area contributed by atoms with Crippen molar-refractivity contribution in [2.45, 2.75) is 0 Å². The van der Waals surface area contributed by atoms with E-state index in [1.165, 1.54) is 0 Å². The van der Waals surface area contributed by atoms with Crippen molar-refractivity contribution in [1.29, 1.82) is 0 Å². The van der Waals surface area contributed by atoms with Crippen LogP contribution < -0.4 is 0 Å². The molecule has 0 saturated heterocycles. The first-order valence-corrected chi connectivity index (χ1v) is 0. The second kappa shape index (κ2) is 35.9. The summed E-state index contributed by atoms with van der Waals surface area (Å²) in [5.74, 6) is 0. The smallest absolute Gasteiger partial charge is 0 e. The molecule has 1 nitrogen and oxygen atoms in total. The van der Waals surface area contributed by atoms with E-state index in [4.69, 9.17) is 0 Å². The molecule has 0 unspecified atom stereocenters. The van der Waals surface area contributed by atoms with Gasteiger partial charge < -0.3 is 5.48 Å². The Hall–Kier alpha value is 2.10. The van der Waals surface area contributed by atoms with Crippen LogP contribution in [0.25, 0.3) is 0 Å². The van der Waals surface area contributed by atoms with E-state index in [0.29, 0.717) is 0 Å². The summed E-state index contributed by atoms with van der Waals surface area (Å²) >= 11 is 0. The number of hydrogen-bond acceptors (Lipinski definition) is 0. The molecule has 0 aliphatic carbocycles. The fourth-order valence-electron chi connectivity index (χ4n) is 0. The molecule has 0 aromatic rings. The molecule has 0 saturated carbocycles. The zero-order chi connectivity index (χ0) is 0. The minimum absolute atomic E-state index is 0. The third-order valence-electron chi connectivity index (χ3n) is 0. The van der Waals surface area contributed by atoms with Gasteiger partial charge in [-0.3, -0.25) is 0 Å². The van der Waals surface area contributed by atoms with Crippen molar-refractivity contribution in [3.8, 4) is 0 Å². The zero-order valence-electron chi connectivity index (χ0n) is 1.19. The average Bonchev–Trinajstić information content (AvgIpc) is 0. The van der Waals surface area contributed by atoms with Gasteiger partial charge in [0.05, 0.1) is 0 Å². The first-order chi connectivity index (χ1) is 0. The second-order valence-electron chi connectivity index (χ2n) is 0. The quantitative estimate of drug-likeness (QED) is 0.355. The van der Waals surface area contributed by atoms with Crippen molar-refractivity contribution in [2.24, 2.45) is 0 Å². The van der Waals surface area contributed by atoms with Gasteiger partial charge in [-0.05, 0) is 0 Å². The van der Waals surface area contributed by atoms with Gasteiger partial charge in [0.25, 0.3) is 0 Å². The zero-order valence-corrected chi connectivity index (χ0v) is 3.36. The third kappa shape index (κ3) is 23.2. The second-order valence-corrected chi connectivity index (χ2v) is 0. The van der Waals surface area contributed by atoms with Crippen LogP contribution >= 0.6 is 0 Å². The molecule has 0 aliphatic heterocycles.